The standard InChI is InChI=1S/C15H12N2O2/c1-3-11-5-4-6-13(8-11)17-14-9-12(15(18)19)7-10(2)16-14/h1,4-9H,2H3,(H,16,17)(H,18,19). The van der Waals surface area contributed by atoms with Gasteiger partial charge in [0.1, 0.15) is 5.82 Å². The molecule has 0 saturated carbocycles. The summed E-state index contributed by atoms with van der Waals surface area (Å²) in [6, 6.07) is 10.3. The average molecular weight is 252 g/mol. The van der Waals surface area contributed by atoms with Crippen molar-refractivity contribution in [1.82, 2.24) is 4.98 Å². The Hall–Kier alpha value is -2.80. The molecule has 1 aromatic carbocycles. The summed E-state index contributed by atoms with van der Waals surface area (Å²) in [4.78, 5) is 15.2. The largest absolute Gasteiger partial charge is 0.478 e. The molecule has 2 rings (SSSR count). The van der Waals surface area contributed by atoms with E-state index in [4.69, 9.17) is 11.5 Å². The van der Waals surface area contributed by atoms with E-state index < -0.39 is 5.97 Å². The van der Waals surface area contributed by atoms with Gasteiger partial charge in [-0.05, 0) is 37.3 Å². The molecule has 0 aliphatic carbocycles. The van der Waals surface area contributed by atoms with Gasteiger partial charge in [-0.15, -0.1) is 6.42 Å². The number of rotatable bonds is 3. The molecule has 1 heterocycles. The Balaban J connectivity index is 2.33. The molecule has 0 atom stereocenters. The molecule has 2 aromatic rings. The Labute approximate surface area is 111 Å². The fourth-order valence-corrected chi connectivity index (χ4v) is 1.69. The number of pyridine rings is 1. The number of aromatic nitrogens is 1. The summed E-state index contributed by atoms with van der Waals surface area (Å²) < 4.78 is 0. The van der Waals surface area contributed by atoms with Gasteiger partial charge in [-0.25, -0.2) is 9.78 Å². The molecule has 2 N–H and O–H groups in total. The molecule has 0 amide bonds. The highest BCUT2D eigenvalue weighted by Gasteiger charge is 2.06. The van der Waals surface area contributed by atoms with Gasteiger partial charge in [-0.3, -0.25) is 0 Å². The van der Waals surface area contributed by atoms with E-state index >= 15 is 0 Å². The lowest BCUT2D eigenvalue weighted by Crippen LogP contribution is -2.02. The maximum Gasteiger partial charge on any atom is 0.335 e. The van der Waals surface area contributed by atoms with Crippen LogP contribution in [-0.4, -0.2) is 16.1 Å². The van der Waals surface area contributed by atoms with E-state index in [9.17, 15) is 4.79 Å². The highest BCUT2D eigenvalue weighted by molar-refractivity contribution is 5.88. The van der Waals surface area contributed by atoms with Crippen molar-refractivity contribution in [1.29, 1.82) is 0 Å². The number of hydrogen-bond acceptors (Lipinski definition) is 3. The van der Waals surface area contributed by atoms with E-state index in [1.165, 1.54) is 12.1 Å². The lowest BCUT2D eigenvalue weighted by atomic mass is 10.2. The molecule has 19 heavy (non-hydrogen) atoms. The van der Waals surface area contributed by atoms with Gasteiger partial charge in [-0.1, -0.05) is 12.0 Å². The van der Waals surface area contributed by atoms with Crippen LogP contribution >= 0.6 is 0 Å². The van der Waals surface area contributed by atoms with E-state index in [1.807, 2.05) is 18.2 Å². The van der Waals surface area contributed by atoms with E-state index in [-0.39, 0.29) is 5.56 Å². The monoisotopic (exact) mass is 252 g/mol. The van der Waals surface area contributed by atoms with Gasteiger partial charge in [0.2, 0.25) is 0 Å². The van der Waals surface area contributed by atoms with E-state index in [0.717, 1.165) is 11.3 Å². The zero-order valence-electron chi connectivity index (χ0n) is 10.3. The predicted molar refractivity (Wildman–Crippen MR) is 73.6 cm³/mol. The molecule has 0 radical (unpaired) electrons. The third-order valence-electron chi connectivity index (χ3n) is 2.50. The third-order valence-corrected chi connectivity index (χ3v) is 2.50. The summed E-state index contributed by atoms with van der Waals surface area (Å²) >= 11 is 0. The van der Waals surface area contributed by atoms with Crippen molar-refractivity contribution in [2.75, 3.05) is 5.32 Å². The molecule has 0 bridgehead atoms. The van der Waals surface area contributed by atoms with Gasteiger partial charge in [0.25, 0.3) is 0 Å². The first kappa shape index (κ1) is 12.7. The number of hydrogen-bond donors (Lipinski definition) is 2. The number of aromatic carboxylic acids is 1. The van der Waals surface area contributed by atoms with Gasteiger partial charge in [0, 0.05) is 16.9 Å². The Morgan fingerprint density at radius 1 is 1.37 bits per heavy atom. The van der Waals surface area contributed by atoms with Crippen LogP contribution in [0.3, 0.4) is 0 Å². The second-order valence-electron chi connectivity index (χ2n) is 4.04. The minimum absolute atomic E-state index is 0.197. The number of carbonyl (C=O) groups is 1. The lowest BCUT2D eigenvalue weighted by molar-refractivity contribution is 0.0696. The molecule has 1 aromatic heterocycles. The average Bonchev–Trinajstić information content (AvgIpc) is 2.38. The Bertz CT molecular complexity index is 672. The van der Waals surface area contributed by atoms with Crippen molar-refractivity contribution >= 4 is 17.5 Å². The molecule has 0 spiro atoms. The van der Waals surface area contributed by atoms with Crippen molar-refractivity contribution in [2.24, 2.45) is 0 Å². The van der Waals surface area contributed by atoms with Gasteiger partial charge in [0.15, 0.2) is 0 Å². The summed E-state index contributed by atoms with van der Waals surface area (Å²) in [5.74, 6) is 2.04. The van der Waals surface area contributed by atoms with Gasteiger partial charge < -0.3 is 10.4 Å². The number of carboxylic acids is 1. The molecule has 0 unspecified atom stereocenters. The number of terminal acetylenes is 1. The molecule has 0 aliphatic rings. The number of aryl methyl sites for hydroxylation is 1. The number of carboxylic acid groups (broad SMARTS) is 1. The maximum atomic E-state index is 11.0. The summed E-state index contributed by atoms with van der Waals surface area (Å²) in [6.07, 6.45) is 5.33. The Morgan fingerprint density at radius 2 is 2.16 bits per heavy atom. The topological polar surface area (TPSA) is 62.2 Å². The van der Waals surface area contributed by atoms with Crippen LogP contribution in [0.4, 0.5) is 11.5 Å². The normalized spacial score (nSPS) is 9.68. The maximum absolute atomic E-state index is 11.0. The van der Waals surface area contributed by atoms with Crippen LogP contribution in [0.15, 0.2) is 36.4 Å². The molecular formula is C15H12N2O2. The zero-order chi connectivity index (χ0) is 13.8. The van der Waals surface area contributed by atoms with Crippen LogP contribution in [0.1, 0.15) is 21.6 Å². The van der Waals surface area contributed by atoms with E-state index in [0.29, 0.717) is 11.5 Å². The molecule has 4 nitrogen and oxygen atoms in total. The summed E-state index contributed by atoms with van der Waals surface area (Å²) in [5, 5.41) is 12.0. The minimum Gasteiger partial charge on any atom is -0.478 e. The predicted octanol–water partition coefficient (Wildman–Crippen LogP) is 2.81. The number of benzene rings is 1. The third kappa shape index (κ3) is 3.11. The van der Waals surface area contributed by atoms with Crippen LogP contribution in [0.5, 0.6) is 0 Å². The van der Waals surface area contributed by atoms with Crippen molar-refractivity contribution < 1.29 is 9.90 Å². The quantitative estimate of drug-likeness (QED) is 0.824. The van der Waals surface area contributed by atoms with Crippen LogP contribution in [0, 0.1) is 19.3 Å². The minimum atomic E-state index is -0.981. The van der Waals surface area contributed by atoms with Gasteiger partial charge in [-0.2, -0.15) is 0 Å². The number of anilines is 2. The van der Waals surface area contributed by atoms with Gasteiger partial charge in [0.05, 0.1) is 5.56 Å². The molecule has 94 valence electrons. The molecule has 4 heteroatoms. The summed E-state index contributed by atoms with van der Waals surface area (Å²) in [7, 11) is 0. The van der Waals surface area contributed by atoms with Crippen LogP contribution < -0.4 is 5.32 Å². The molecular weight excluding hydrogens is 240 g/mol. The van der Waals surface area contributed by atoms with Crippen molar-refractivity contribution in [2.45, 2.75) is 6.92 Å². The van der Waals surface area contributed by atoms with E-state index in [2.05, 4.69) is 16.2 Å². The van der Waals surface area contributed by atoms with Crippen molar-refractivity contribution in [3.05, 3.63) is 53.2 Å². The smallest absolute Gasteiger partial charge is 0.335 e. The summed E-state index contributed by atoms with van der Waals surface area (Å²) in [6.45, 7) is 1.75. The van der Waals surface area contributed by atoms with Crippen LogP contribution in [0.25, 0.3) is 0 Å². The second kappa shape index (κ2) is 5.23. The van der Waals surface area contributed by atoms with Crippen LogP contribution in [-0.2, 0) is 0 Å². The van der Waals surface area contributed by atoms with Crippen molar-refractivity contribution in [3.63, 3.8) is 0 Å². The fourth-order valence-electron chi connectivity index (χ4n) is 1.69. The molecule has 0 fully saturated rings. The fraction of sp³-hybridized carbons (Fsp3) is 0.0667. The Kier molecular flexibility index (Phi) is 3.48. The summed E-state index contributed by atoms with van der Waals surface area (Å²) in [5.41, 5.74) is 2.35. The number of nitrogens with zero attached hydrogens (tertiary/aromatic N) is 1. The van der Waals surface area contributed by atoms with Gasteiger partial charge >= 0.3 is 5.97 Å². The molecule has 0 aliphatic heterocycles. The first-order valence-electron chi connectivity index (χ1n) is 5.64. The SMILES string of the molecule is C#Cc1cccc(Nc2cc(C(=O)O)cc(C)n2)c1. The highest BCUT2D eigenvalue weighted by Crippen LogP contribution is 2.17. The Morgan fingerprint density at radius 3 is 2.84 bits per heavy atom. The highest BCUT2D eigenvalue weighted by atomic mass is 16.4. The zero-order valence-corrected chi connectivity index (χ0v) is 10.3. The lowest BCUT2D eigenvalue weighted by Gasteiger charge is -2.08. The first-order valence-corrected chi connectivity index (χ1v) is 5.64. The van der Waals surface area contributed by atoms with Crippen molar-refractivity contribution in [3.8, 4) is 12.3 Å². The molecule has 0 saturated heterocycles. The van der Waals surface area contributed by atoms with Crippen LogP contribution in [0.2, 0.25) is 0 Å². The second-order valence-corrected chi connectivity index (χ2v) is 4.04. The van der Waals surface area contributed by atoms with E-state index in [1.54, 1.807) is 13.0 Å². The number of nitrogens with one attached hydrogen (secondary N) is 1. The first-order chi connectivity index (χ1) is 9.08.